The Morgan fingerprint density at radius 2 is 1.61 bits per heavy atom. The summed E-state index contributed by atoms with van der Waals surface area (Å²) < 4.78 is 17.5. The van der Waals surface area contributed by atoms with Gasteiger partial charge in [-0.15, -0.1) is 5.11 Å². The van der Waals surface area contributed by atoms with Crippen molar-refractivity contribution in [2.75, 3.05) is 0 Å². The Morgan fingerprint density at radius 1 is 0.833 bits per heavy atom. The molecule has 36 heavy (non-hydrogen) atoms. The third-order valence-corrected chi connectivity index (χ3v) is 5.38. The fourth-order valence-corrected chi connectivity index (χ4v) is 3.60. The zero-order chi connectivity index (χ0) is 25.1. The lowest BCUT2D eigenvalue weighted by molar-refractivity contribution is 0.0929. The van der Waals surface area contributed by atoms with Gasteiger partial charge in [-0.25, -0.2) is 0 Å². The van der Waals surface area contributed by atoms with E-state index in [0.717, 1.165) is 0 Å². The van der Waals surface area contributed by atoms with Gasteiger partial charge in [0.25, 0.3) is 5.91 Å². The summed E-state index contributed by atoms with van der Waals surface area (Å²) in [5.41, 5.74) is 0.0703. The molecule has 10 nitrogen and oxygen atoms in total. The predicted molar refractivity (Wildman–Crippen MR) is 126 cm³/mol. The van der Waals surface area contributed by atoms with Crippen LogP contribution in [0.3, 0.4) is 0 Å². The minimum atomic E-state index is -0.833. The first-order chi connectivity index (χ1) is 17.5. The van der Waals surface area contributed by atoms with Crippen molar-refractivity contribution >= 4 is 22.6 Å². The molecule has 0 bridgehead atoms. The van der Waals surface area contributed by atoms with E-state index in [0.29, 0.717) is 22.7 Å². The number of aromatic nitrogens is 1. The third-order valence-electron chi connectivity index (χ3n) is 5.38. The maximum Gasteiger partial charge on any atom is 0.331 e. The van der Waals surface area contributed by atoms with E-state index in [1.807, 2.05) is 18.2 Å². The molecule has 180 valence electrons. The van der Waals surface area contributed by atoms with Crippen LogP contribution in [0.15, 0.2) is 98.1 Å². The summed E-state index contributed by atoms with van der Waals surface area (Å²) in [6.07, 6.45) is 1.48. The lowest BCUT2D eigenvalue weighted by atomic mass is 10.1. The van der Waals surface area contributed by atoms with Crippen molar-refractivity contribution < 1.29 is 33.4 Å². The van der Waals surface area contributed by atoms with E-state index in [1.165, 1.54) is 35.1 Å². The number of nitrogens with zero attached hydrogens (tertiary/aromatic N) is 3. The van der Waals surface area contributed by atoms with Gasteiger partial charge in [-0.2, -0.15) is 0 Å². The number of hydrogen-bond acceptors (Lipinski definition) is 7. The van der Waals surface area contributed by atoms with Crippen molar-refractivity contribution in [2.24, 2.45) is 10.2 Å². The summed E-state index contributed by atoms with van der Waals surface area (Å²) >= 11 is 0. The Labute approximate surface area is 203 Å². The highest BCUT2D eigenvalue weighted by Crippen LogP contribution is 2.37. The van der Waals surface area contributed by atoms with Crippen molar-refractivity contribution in [3.8, 4) is 17.5 Å². The van der Waals surface area contributed by atoms with E-state index >= 15 is 0 Å². The van der Waals surface area contributed by atoms with Gasteiger partial charge in [-0.3, -0.25) is 14.2 Å². The first-order valence-corrected chi connectivity index (χ1v) is 10.8. The lowest BCUT2D eigenvalue weighted by Crippen LogP contribution is -1.97. The summed E-state index contributed by atoms with van der Waals surface area (Å²) in [5, 5.41) is 28.6. The van der Waals surface area contributed by atoms with Crippen LogP contribution in [0.4, 0.5) is 0 Å². The predicted octanol–water partition coefficient (Wildman–Crippen LogP) is 5.30. The number of amides is 2. The quantitative estimate of drug-likeness (QED) is 0.298. The van der Waals surface area contributed by atoms with E-state index in [-0.39, 0.29) is 41.6 Å². The van der Waals surface area contributed by atoms with Crippen LogP contribution >= 0.6 is 0 Å². The first-order valence-electron chi connectivity index (χ1n) is 10.8. The fraction of sp³-hybridized carbons (Fsp3) is 0.0769. The molecule has 0 aliphatic heterocycles. The standard InChI is InChI=1S/C26H19N3O7/c30-23(27-28-24(31)22-11-9-19(36-22)15-35-17-5-2-1-3-6-17)16-8-10-20-21(13-16)26(33)29(25(20)32)14-18-7-4-12-34-18/h1-13,32-33H,14-15H2. The highest BCUT2D eigenvalue weighted by Gasteiger charge is 2.19. The molecule has 0 atom stereocenters. The van der Waals surface area contributed by atoms with Crippen LogP contribution in [0.25, 0.3) is 10.8 Å². The number of carbonyl (C=O) groups excluding carboxylic acids is 2. The SMILES string of the molecule is O=C(N=NC(=O)c1ccc(COc2ccccc2)o1)c1ccc2c(O)n(Cc3ccco3)c(O)c2c1. The summed E-state index contributed by atoms with van der Waals surface area (Å²) in [4.78, 5) is 24.8. The molecular weight excluding hydrogens is 466 g/mol. The second-order valence-electron chi connectivity index (χ2n) is 7.75. The molecule has 0 unspecified atom stereocenters. The highest BCUT2D eigenvalue weighted by molar-refractivity contribution is 6.02. The molecule has 0 spiro atoms. The number of benzene rings is 2. The average Bonchev–Trinajstić information content (AvgIpc) is 3.65. The Morgan fingerprint density at radius 3 is 2.39 bits per heavy atom. The van der Waals surface area contributed by atoms with E-state index in [1.54, 1.807) is 30.3 Å². The minimum absolute atomic E-state index is 0.0703. The van der Waals surface area contributed by atoms with E-state index in [2.05, 4.69) is 10.2 Å². The highest BCUT2D eigenvalue weighted by atomic mass is 16.5. The smallest absolute Gasteiger partial charge is 0.331 e. The van der Waals surface area contributed by atoms with Gasteiger partial charge in [0.05, 0.1) is 12.8 Å². The Bertz CT molecular complexity index is 1560. The molecule has 2 N–H and O–H groups in total. The Kier molecular flexibility index (Phi) is 6.06. The molecule has 2 amide bonds. The van der Waals surface area contributed by atoms with Crippen LogP contribution in [0, 0.1) is 0 Å². The zero-order valence-corrected chi connectivity index (χ0v) is 18.7. The lowest BCUT2D eigenvalue weighted by Gasteiger charge is -2.03. The largest absolute Gasteiger partial charge is 0.494 e. The van der Waals surface area contributed by atoms with E-state index in [4.69, 9.17) is 13.6 Å². The fourth-order valence-electron chi connectivity index (χ4n) is 3.60. The van der Waals surface area contributed by atoms with Crippen molar-refractivity contribution in [3.63, 3.8) is 0 Å². The first kappa shape index (κ1) is 22.7. The molecule has 0 aliphatic carbocycles. The molecule has 0 radical (unpaired) electrons. The zero-order valence-electron chi connectivity index (χ0n) is 18.7. The number of para-hydroxylation sites is 1. The van der Waals surface area contributed by atoms with Crippen molar-refractivity contribution in [1.29, 1.82) is 0 Å². The van der Waals surface area contributed by atoms with Gasteiger partial charge < -0.3 is 23.8 Å². The summed E-state index contributed by atoms with van der Waals surface area (Å²) in [7, 11) is 0. The molecule has 0 aliphatic rings. The van der Waals surface area contributed by atoms with E-state index < -0.39 is 11.8 Å². The number of hydrogen-bond donors (Lipinski definition) is 2. The van der Waals surface area contributed by atoms with Gasteiger partial charge in [0.2, 0.25) is 11.8 Å². The molecule has 0 saturated carbocycles. The van der Waals surface area contributed by atoms with Crippen molar-refractivity contribution in [2.45, 2.75) is 13.2 Å². The van der Waals surface area contributed by atoms with E-state index in [9.17, 15) is 19.8 Å². The topological polar surface area (TPSA) is 140 Å². The summed E-state index contributed by atoms with van der Waals surface area (Å²) in [5.74, 6) is -0.573. The van der Waals surface area contributed by atoms with Gasteiger partial charge in [-0.1, -0.05) is 23.3 Å². The summed E-state index contributed by atoms with van der Waals surface area (Å²) in [6, 6.07) is 19.8. The second kappa shape index (κ2) is 9.63. The second-order valence-corrected chi connectivity index (χ2v) is 7.75. The van der Waals surface area contributed by atoms with Gasteiger partial charge in [0, 0.05) is 16.3 Å². The monoisotopic (exact) mass is 485 g/mol. The molecule has 5 aromatic rings. The number of furan rings is 2. The molecule has 0 saturated heterocycles. The minimum Gasteiger partial charge on any atom is -0.494 e. The van der Waals surface area contributed by atoms with Crippen LogP contribution < -0.4 is 4.74 Å². The van der Waals surface area contributed by atoms with Crippen molar-refractivity contribution in [3.05, 3.63) is 102 Å². The van der Waals surface area contributed by atoms with Crippen LogP contribution in [0.1, 0.15) is 32.4 Å². The molecule has 10 heteroatoms. The number of rotatable bonds is 7. The summed E-state index contributed by atoms with van der Waals surface area (Å²) in [6.45, 7) is 0.210. The maximum absolute atomic E-state index is 12.5. The Balaban J connectivity index is 1.27. The normalized spacial score (nSPS) is 11.3. The third kappa shape index (κ3) is 4.60. The number of carbonyl (C=O) groups is 2. The van der Waals surface area contributed by atoms with Gasteiger partial charge >= 0.3 is 5.91 Å². The van der Waals surface area contributed by atoms with Gasteiger partial charge in [0.15, 0.2) is 5.76 Å². The van der Waals surface area contributed by atoms with Crippen LogP contribution in [0.5, 0.6) is 17.5 Å². The number of fused-ring (bicyclic) bond motifs is 1. The molecule has 3 aromatic heterocycles. The van der Waals surface area contributed by atoms with Crippen molar-refractivity contribution in [1.82, 2.24) is 4.57 Å². The van der Waals surface area contributed by atoms with Gasteiger partial charge in [0.1, 0.15) is 23.9 Å². The van der Waals surface area contributed by atoms with Crippen LogP contribution in [-0.4, -0.2) is 26.6 Å². The average molecular weight is 485 g/mol. The molecule has 0 fully saturated rings. The molecule has 3 heterocycles. The number of azo groups is 1. The molecular formula is C26H19N3O7. The van der Waals surface area contributed by atoms with Crippen LogP contribution in [-0.2, 0) is 13.2 Å². The molecule has 2 aromatic carbocycles. The maximum atomic E-state index is 12.5. The number of aromatic hydroxyl groups is 2. The van der Waals surface area contributed by atoms with Gasteiger partial charge in [-0.05, 0) is 54.6 Å². The number of ether oxygens (including phenoxy) is 1. The van der Waals surface area contributed by atoms with Crippen LogP contribution in [0.2, 0.25) is 0 Å². The molecule has 5 rings (SSSR count). The Hall–Kier alpha value is -5.12.